The smallest absolute Gasteiger partial charge is 0.164 e. The Hall–Kier alpha value is -0.560. The zero-order valence-corrected chi connectivity index (χ0v) is 13.5. The highest BCUT2D eigenvalue weighted by Gasteiger charge is 2.35. The van der Waals surface area contributed by atoms with E-state index in [1.807, 2.05) is 35.2 Å². The maximum absolute atomic E-state index is 11.9. The van der Waals surface area contributed by atoms with Gasteiger partial charge in [0.15, 0.2) is 9.84 Å². The molecule has 1 aliphatic rings. The molecule has 0 aromatic heterocycles. The largest absolute Gasteiger partial charge is 0.384 e. The predicted molar refractivity (Wildman–Crippen MR) is 83.5 cm³/mol. The van der Waals surface area contributed by atoms with Crippen molar-refractivity contribution in [1.29, 1.82) is 0 Å². The second kappa shape index (κ2) is 6.05. The van der Waals surface area contributed by atoms with Gasteiger partial charge in [-0.3, -0.25) is 4.90 Å². The number of rotatable bonds is 4. The van der Waals surface area contributed by atoms with Crippen molar-refractivity contribution in [2.75, 3.05) is 30.9 Å². The van der Waals surface area contributed by atoms with Gasteiger partial charge in [0, 0.05) is 30.9 Å². The number of hydrogen-bond acceptors (Lipinski definition) is 5. The summed E-state index contributed by atoms with van der Waals surface area (Å²) in [6, 6.07) is 9.40. The SMILES string of the molecule is CC(O)(CN1CCSCC1S(C)(=O)=O)c1ccccc1. The quantitative estimate of drug-likeness (QED) is 0.908. The highest BCUT2D eigenvalue weighted by molar-refractivity contribution is 8.00. The topological polar surface area (TPSA) is 57.6 Å². The van der Waals surface area contributed by atoms with Crippen molar-refractivity contribution in [3.05, 3.63) is 35.9 Å². The van der Waals surface area contributed by atoms with Crippen molar-refractivity contribution >= 4 is 21.6 Å². The Labute approximate surface area is 125 Å². The zero-order valence-electron chi connectivity index (χ0n) is 11.8. The summed E-state index contributed by atoms with van der Waals surface area (Å²) in [6.45, 7) is 2.75. The van der Waals surface area contributed by atoms with Gasteiger partial charge in [0.25, 0.3) is 0 Å². The van der Waals surface area contributed by atoms with E-state index in [2.05, 4.69) is 0 Å². The van der Waals surface area contributed by atoms with E-state index in [-0.39, 0.29) is 0 Å². The van der Waals surface area contributed by atoms with Crippen molar-refractivity contribution in [2.24, 2.45) is 0 Å². The maximum Gasteiger partial charge on any atom is 0.164 e. The van der Waals surface area contributed by atoms with Crippen LogP contribution in [0.4, 0.5) is 0 Å². The number of benzene rings is 1. The van der Waals surface area contributed by atoms with Gasteiger partial charge in [0.1, 0.15) is 5.37 Å². The highest BCUT2D eigenvalue weighted by atomic mass is 32.2. The van der Waals surface area contributed by atoms with Gasteiger partial charge >= 0.3 is 0 Å². The van der Waals surface area contributed by atoms with Gasteiger partial charge in [-0.05, 0) is 12.5 Å². The summed E-state index contributed by atoms with van der Waals surface area (Å²) >= 11 is 1.65. The first-order valence-electron chi connectivity index (χ1n) is 6.59. The normalized spacial score (nSPS) is 24.2. The maximum atomic E-state index is 11.9. The molecular weight excluding hydrogens is 294 g/mol. The van der Waals surface area contributed by atoms with Crippen LogP contribution in [0.5, 0.6) is 0 Å². The van der Waals surface area contributed by atoms with Crippen LogP contribution in [0, 0.1) is 0 Å². The average Bonchev–Trinajstić information content (AvgIpc) is 2.39. The Bertz CT molecular complexity index is 543. The summed E-state index contributed by atoms with van der Waals surface area (Å²) in [4.78, 5) is 1.89. The molecule has 0 radical (unpaired) electrons. The molecule has 6 heteroatoms. The Morgan fingerprint density at radius 3 is 2.65 bits per heavy atom. The van der Waals surface area contributed by atoms with Crippen LogP contribution in [-0.4, -0.2) is 54.6 Å². The summed E-state index contributed by atoms with van der Waals surface area (Å²) in [5.74, 6) is 1.47. The fourth-order valence-corrected chi connectivity index (χ4v) is 5.42. The molecule has 0 amide bonds. The third kappa shape index (κ3) is 3.75. The van der Waals surface area contributed by atoms with E-state index in [4.69, 9.17) is 0 Å². The molecule has 2 rings (SSSR count). The van der Waals surface area contributed by atoms with Gasteiger partial charge in [-0.25, -0.2) is 8.42 Å². The monoisotopic (exact) mass is 315 g/mol. The van der Waals surface area contributed by atoms with Crippen LogP contribution in [0.15, 0.2) is 30.3 Å². The van der Waals surface area contributed by atoms with Crippen LogP contribution in [0.2, 0.25) is 0 Å². The van der Waals surface area contributed by atoms with Crippen LogP contribution >= 0.6 is 11.8 Å². The second-order valence-electron chi connectivity index (χ2n) is 5.47. The molecule has 1 aromatic carbocycles. The number of sulfone groups is 1. The van der Waals surface area contributed by atoms with Crippen LogP contribution in [0.3, 0.4) is 0 Å². The van der Waals surface area contributed by atoms with E-state index < -0.39 is 20.8 Å². The average molecular weight is 315 g/mol. The first kappa shape index (κ1) is 15.8. The summed E-state index contributed by atoms with van der Waals surface area (Å²) < 4.78 is 23.8. The Balaban J connectivity index is 2.18. The number of aliphatic hydroxyl groups is 1. The summed E-state index contributed by atoms with van der Waals surface area (Å²) in [5.41, 5.74) is -0.239. The molecule has 112 valence electrons. The number of nitrogens with zero attached hydrogens (tertiary/aromatic N) is 1. The molecule has 0 spiro atoms. The lowest BCUT2D eigenvalue weighted by atomic mass is 9.95. The van der Waals surface area contributed by atoms with Crippen LogP contribution in [-0.2, 0) is 15.4 Å². The van der Waals surface area contributed by atoms with Crippen LogP contribution in [0.25, 0.3) is 0 Å². The van der Waals surface area contributed by atoms with Crippen molar-refractivity contribution in [3.8, 4) is 0 Å². The molecule has 1 saturated heterocycles. The molecule has 1 aliphatic heterocycles. The molecule has 0 bridgehead atoms. The first-order valence-corrected chi connectivity index (χ1v) is 9.70. The minimum absolute atomic E-state index is 0.329. The molecule has 20 heavy (non-hydrogen) atoms. The molecular formula is C14H21NO3S2. The van der Waals surface area contributed by atoms with Gasteiger partial charge in [0.2, 0.25) is 0 Å². The van der Waals surface area contributed by atoms with Crippen molar-refractivity contribution in [3.63, 3.8) is 0 Å². The fourth-order valence-electron chi connectivity index (χ4n) is 2.47. The lowest BCUT2D eigenvalue weighted by molar-refractivity contribution is 0.0146. The Morgan fingerprint density at radius 2 is 2.05 bits per heavy atom. The third-order valence-corrected chi connectivity index (χ3v) is 6.28. The summed E-state index contributed by atoms with van der Waals surface area (Å²) in [6.07, 6.45) is 1.27. The van der Waals surface area contributed by atoms with E-state index in [1.165, 1.54) is 6.26 Å². The van der Waals surface area contributed by atoms with E-state index in [0.717, 1.165) is 11.3 Å². The van der Waals surface area contributed by atoms with E-state index >= 15 is 0 Å². The van der Waals surface area contributed by atoms with Crippen molar-refractivity contribution in [1.82, 2.24) is 4.90 Å². The Kier molecular flexibility index (Phi) is 4.79. The fraction of sp³-hybridized carbons (Fsp3) is 0.571. The van der Waals surface area contributed by atoms with E-state index in [9.17, 15) is 13.5 Å². The zero-order chi connectivity index (χ0) is 14.8. The van der Waals surface area contributed by atoms with E-state index in [0.29, 0.717) is 18.8 Å². The predicted octanol–water partition coefficient (Wildman–Crippen LogP) is 1.31. The molecule has 1 aromatic rings. The number of thioether (sulfide) groups is 1. The first-order chi connectivity index (χ1) is 9.31. The van der Waals surface area contributed by atoms with Gasteiger partial charge in [-0.15, -0.1) is 0 Å². The van der Waals surface area contributed by atoms with Crippen molar-refractivity contribution in [2.45, 2.75) is 17.9 Å². The molecule has 2 atom stereocenters. The van der Waals surface area contributed by atoms with Crippen LogP contribution in [0.1, 0.15) is 12.5 Å². The molecule has 4 nitrogen and oxygen atoms in total. The number of β-amino-alcohol motifs (C(OH)–C–C–N with tert-alkyl or cyclic N) is 1. The molecule has 1 N–H and O–H groups in total. The third-order valence-electron chi connectivity index (χ3n) is 3.59. The highest BCUT2D eigenvalue weighted by Crippen LogP contribution is 2.27. The van der Waals surface area contributed by atoms with E-state index in [1.54, 1.807) is 18.7 Å². The van der Waals surface area contributed by atoms with Gasteiger partial charge in [-0.2, -0.15) is 11.8 Å². The van der Waals surface area contributed by atoms with Crippen LogP contribution < -0.4 is 0 Å². The number of hydrogen-bond donors (Lipinski definition) is 1. The van der Waals surface area contributed by atoms with Gasteiger partial charge in [-0.1, -0.05) is 30.3 Å². The molecule has 1 heterocycles. The minimum Gasteiger partial charge on any atom is -0.384 e. The molecule has 2 unspecified atom stereocenters. The summed E-state index contributed by atoms with van der Waals surface area (Å²) in [7, 11) is -3.14. The standard InChI is InChI=1S/C14H21NO3S2/c1-14(16,12-6-4-3-5-7-12)11-15-8-9-19-10-13(15)20(2,17)18/h3-7,13,16H,8-11H2,1-2H3. The molecule has 0 saturated carbocycles. The van der Waals surface area contributed by atoms with Gasteiger partial charge in [0.05, 0.1) is 5.60 Å². The summed E-state index contributed by atoms with van der Waals surface area (Å²) in [5, 5.41) is 10.2. The lowest BCUT2D eigenvalue weighted by Crippen LogP contribution is -2.51. The Morgan fingerprint density at radius 1 is 1.40 bits per heavy atom. The lowest BCUT2D eigenvalue weighted by Gasteiger charge is -2.38. The second-order valence-corrected chi connectivity index (χ2v) is 8.82. The molecule has 1 fully saturated rings. The van der Waals surface area contributed by atoms with Gasteiger partial charge < -0.3 is 5.11 Å². The minimum atomic E-state index is -3.14. The van der Waals surface area contributed by atoms with Crippen molar-refractivity contribution < 1.29 is 13.5 Å². The molecule has 0 aliphatic carbocycles.